The highest BCUT2D eigenvalue weighted by Crippen LogP contribution is 2.20. The number of thiol groups is 1. The third kappa shape index (κ3) is 1.80. The minimum Gasteiger partial charge on any atom is -0.244 e. The molecule has 0 radical (unpaired) electrons. The van der Waals surface area contributed by atoms with Crippen molar-refractivity contribution in [2.75, 3.05) is 0 Å². The second-order valence-electron chi connectivity index (χ2n) is 2.24. The first-order chi connectivity index (χ1) is 5.25. The average Bonchev–Trinajstić information content (AvgIpc) is 2.04. The van der Waals surface area contributed by atoms with Crippen LogP contribution in [0.25, 0.3) is 6.08 Å². The fourth-order valence-electron chi connectivity index (χ4n) is 0.842. The summed E-state index contributed by atoms with van der Waals surface area (Å²) in [5, 5.41) is 0.157. The Labute approximate surface area is 71.8 Å². The average molecular weight is 166 g/mol. The number of aromatic nitrogens is 2. The van der Waals surface area contributed by atoms with E-state index in [4.69, 9.17) is 0 Å². The highest BCUT2D eigenvalue weighted by Gasteiger charge is 2.04. The first kappa shape index (κ1) is 8.27. The monoisotopic (exact) mass is 166 g/mol. The lowest BCUT2D eigenvalue weighted by Gasteiger charge is -2.05. The van der Waals surface area contributed by atoms with E-state index < -0.39 is 0 Å². The van der Waals surface area contributed by atoms with E-state index in [9.17, 15) is 0 Å². The highest BCUT2D eigenvalue weighted by atomic mass is 32.1. The Morgan fingerprint density at radius 3 is 2.91 bits per heavy atom. The molecule has 0 fully saturated rings. The van der Waals surface area contributed by atoms with Crippen LogP contribution in [0.5, 0.6) is 0 Å². The molecule has 0 saturated heterocycles. The van der Waals surface area contributed by atoms with Gasteiger partial charge in [-0.3, -0.25) is 0 Å². The van der Waals surface area contributed by atoms with E-state index >= 15 is 0 Å². The zero-order valence-electron chi connectivity index (χ0n) is 6.36. The minimum atomic E-state index is 0.157. The van der Waals surface area contributed by atoms with Gasteiger partial charge in [0.1, 0.15) is 6.33 Å². The molecule has 0 aliphatic rings. The van der Waals surface area contributed by atoms with Crippen molar-refractivity contribution in [2.45, 2.75) is 12.2 Å². The second-order valence-corrected chi connectivity index (χ2v) is 3.02. The van der Waals surface area contributed by atoms with Crippen LogP contribution in [0.1, 0.15) is 23.4 Å². The van der Waals surface area contributed by atoms with Crippen LogP contribution < -0.4 is 0 Å². The number of hydrogen-bond acceptors (Lipinski definition) is 3. The molecule has 0 bridgehead atoms. The topological polar surface area (TPSA) is 25.8 Å². The van der Waals surface area contributed by atoms with Gasteiger partial charge in [0, 0.05) is 17.0 Å². The van der Waals surface area contributed by atoms with Crippen LogP contribution in [0.15, 0.2) is 19.1 Å². The SMILES string of the molecule is C=Cc1ncncc1C(C)S. The van der Waals surface area contributed by atoms with E-state index in [-0.39, 0.29) is 5.25 Å². The minimum absolute atomic E-state index is 0.157. The van der Waals surface area contributed by atoms with Gasteiger partial charge in [0.2, 0.25) is 0 Å². The molecule has 1 unspecified atom stereocenters. The van der Waals surface area contributed by atoms with Crippen LogP contribution in [0, 0.1) is 0 Å². The van der Waals surface area contributed by atoms with Crippen molar-refractivity contribution in [1.82, 2.24) is 9.97 Å². The van der Waals surface area contributed by atoms with E-state index in [2.05, 4.69) is 29.2 Å². The van der Waals surface area contributed by atoms with Crippen LogP contribution in [-0.4, -0.2) is 9.97 Å². The molecule has 58 valence electrons. The standard InChI is InChI=1S/C8H10N2S/c1-3-8-7(6(2)11)4-9-5-10-8/h3-6,11H,1H2,2H3. The summed E-state index contributed by atoms with van der Waals surface area (Å²) >= 11 is 4.28. The van der Waals surface area contributed by atoms with Gasteiger partial charge in [0.05, 0.1) is 5.69 Å². The summed E-state index contributed by atoms with van der Waals surface area (Å²) in [6.45, 7) is 5.63. The summed E-state index contributed by atoms with van der Waals surface area (Å²) in [6.07, 6.45) is 4.99. The van der Waals surface area contributed by atoms with Gasteiger partial charge in [0.15, 0.2) is 0 Å². The molecule has 0 spiro atoms. The first-order valence-corrected chi connectivity index (χ1v) is 3.87. The molecular formula is C8H10N2S. The van der Waals surface area contributed by atoms with Crippen LogP contribution in [0.2, 0.25) is 0 Å². The molecular weight excluding hydrogens is 156 g/mol. The summed E-state index contributed by atoms with van der Waals surface area (Å²) in [7, 11) is 0. The van der Waals surface area contributed by atoms with Crippen molar-refractivity contribution in [3.05, 3.63) is 30.4 Å². The maximum absolute atomic E-state index is 4.28. The van der Waals surface area contributed by atoms with Crippen molar-refractivity contribution in [3.63, 3.8) is 0 Å². The molecule has 1 rings (SSSR count). The summed E-state index contributed by atoms with van der Waals surface area (Å²) in [5.74, 6) is 0. The van der Waals surface area contributed by atoms with Crippen molar-refractivity contribution in [2.24, 2.45) is 0 Å². The van der Waals surface area contributed by atoms with E-state index in [0.29, 0.717) is 0 Å². The molecule has 1 heterocycles. The predicted octanol–water partition coefficient (Wildman–Crippen LogP) is 2.11. The number of hydrogen-bond donors (Lipinski definition) is 1. The van der Waals surface area contributed by atoms with E-state index in [1.807, 2.05) is 6.92 Å². The fraction of sp³-hybridized carbons (Fsp3) is 0.250. The van der Waals surface area contributed by atoms with Crippen LogP contribution in [-0.2, 0) is 0 Å². The molecule has 11 heavy (non-hydrogen) atoms. The van der Waals surface area contributed by atoms with Gasteiger partial charge in [-0.2, -0.15) is 12.6 Å². The van der Waals surface area contributed by atoms with E-state index in [1.54, 1.807) is 12.3 Å². The summed E-state index contributed by atoms with van der Waals surface area (Å²) in [4.78, 5) is 7.95. The summed E-state index contributed by atoms with van der Waals surface area (Å²) in [6, 6.07) is 0. The van der Waals surface area contributed by atoms with Crippen molar-refractivity contribution < 1.29 is 0 Å². The highest BCUT2D eigenvalue weighted by molar-refractivity contribution is 7.80. The predicted molar refractivity (Wildman–Crippen MR) is 49.5 cm³/mol. The van der Waals surface area contributed by atoms with Gasteiger partial charge in [-0.1, -0.05) is 6.58 Å². The Morgan fingerprint density at radius 1 is 1.73 bits per heavy atom. The normalized spacial score (nSPS) is 12.5. The molecule has 3 heteroatoms. The van der Waals surface area contributed by atoms with E-state index in [0.717, 1.165) is 11.3 Å². The van der Waals surface area contributed by atoms with Gasteiger partial charge in [-0.05, 0) is 13.0 Å². The summed E-state index contributed by atoms with van der Waals surface area (Å²) in [5.41, 5.74) is 1.88. The molecule has 0 saturated carbocycles. The lowest BCUT2D eigenvalue weighted by Crippen LogP contribution is -1.93. The lowest BCUT2D eigenvalue weighted by atomic mass is 10.2. The zero-order chi connectivity index (χ0) is 8.27. The third-order valence-electron chi connectivity index (χ3n) is 1.42. The Hall–Kier alpha value is -0.830. The fourth-order valence-corrected chi connectivity index (χ4v) is 1.04. The van der Waals surface area contributed by atoms with Gasteiger partial charge >= 0.3 is 0 Å². The summed E-state index contributed by atoms with van der Waals surface area (Å²) < 4.78 is 0. The zero-order valence-corrected chi connectivity index (χ0v) is 7.25. The molecule has 0 N–H and O–H groups in total. The van der Waals surface area contributed by atoms with Crippen molar-refractivity contribution >= 4 is 18.7 Å². The largest absolute Gasteiger partial charge is 0.244 e. The van der Waals surface area contributed by atoms with Gasteiger partial charge in [-0.25, -0.2) is 9.97 Å². The van der Waals surface area contributed by atoms with Gasteiger partial charge in [-0.15, -0.1) is 0 Å². The molecule has 1 aromatic rings. The maximum atomic E-state index is 4.28. The van der Waals surface area contributed by atoms with Crippen LogP contribution in [0.3, 0.4) is 0 Å². The third-order valence-corrected chi connectivity index (χ3v) is 1.69. The smallest absolute Gasteiger partial charge is 0.116 e. The van der Waals surface area contributed by atoms with Crippen LogP contribution >= 0.6 is 12.6 Å². The Morgan fingerprint density at radius 2 is 2.45 bits per heavy atom. The molecule has 0 amide bonds. The van der Waals surface area contributed by atoms with Crippen molar-refractivity contribution in [1.29, 1.82) is 0 Å². The molecule has 1 aromatic heterocycles. The van der Waals surface area contributed by atoms with Crippen LogP contribution in [0.4, 0.5) is 0 Å². The Balaban J connectivity index is 3.12. The lowest BCUT2D eigenvalue weighted by molar-refractivity contribution is 1.02. The van der Waals surface area contributed by atoms with Crippen molar-refractivity contribution in [3.8, 4) is 0 Å². The molecule has 0 aliphatic carbocycles. The quantitative estimate of drug-likeness (QED) is 0.681. The molecule has 1 atom stereocenters. The molecule has 2 nitrogen and oxygen atoms in total. The maximum Gasteiger partial charge on any atom is 0.116 e. The Kier molecular flexibility index (Phi) is 2.65. The first-order valence-electron chi connectivity index (χ1n) is 3.36. The number of nitrogens with zero attached hydrogens (tertiary/aromatic N) is 2. The molecule has 0 aliphatic heterocycles. The number of rotatable bonds is 2. The van der Waals surface area contributed by atoms with Gasteiger partial charge < -0.3 is 0 Å². The molecule has 0 aromatic carbocycles. The second kappa shape index (κ2) is 3.53. The Bertz CT molecular complexity index is 258. The van der Waals surface area contributed by atoms with Gasteiger partial charge in [0.25, 0.3) is 0 Å². The van der Waals surface area contributed by atoms with E-state index in [1.165, 1.54) is 6.33 Å².